The minimum atomic E-state index is 0.709. The van der Waals surface area contributed by atoms with E-state index in [1.165, 1.54) is 0 Å². The predicted molar refractivity (Wildman–Crippen MR) is 99.2 cm³/mol. The van der Waals surface area contributed by atoms with Gasteiger partial charge in [-0.15, -0.1) is 0 Å². The van der Waals surface area contributed by atoms with Gasteiger partial charge < -0.3 is 30.7 Å². The van der Waals surface area contributed by atoms with E-state index in [1.807, 2.05) is 36.4 Å². The third kappa shape index (κ3) is 3.13. The molecule has 128 valence electrons. The Kier molecular flexibility index (Phi) is 4.55. The summed E-state index contributed by atoms with van der Waals surface area (Å²) in [6, 6.07) is 11.6. The van der Waals surface area contributed by atoms with Gasteiger partial charge in [-0.05, 0) is 24.3 Å². The van der Waals surface area contributed by atoms with Gasteiger partial charge in [0.25, 0.3) is 0 Å². The monoisotopic (exact) mass is 328 g/mol. The van der Waals surface area contributed by atoms with Crippen LogP contribution in [-0.4, -0.2) is 40.4 Å². The molecule has 0 atom stereocenters. The predicted octanol–water partition coefficient (Wildman–Crippen LogP) is 2.19. The molecular weight excluding hydrogens is 304 g/mol. The molecule has 0 unspecified atom stereocenters. The summed E-state index contributed by atoms with van der Waals surface area (Å²) in [5.41, 5.74) is 15.3. The van der Waals surface area contributed by atoms with Gasteiger partial charge in [0.2, 0.25) is 0 Å². The van der Waals surface area contributed by atoms with E-state index in [-0.39, 0.29) is 0 Å². The number of nitrogens with zero attached hydrogens (tertiary/aromatic N) is 2. The van der Waals surface area contributed by atoms with Crippen molar-refractivity contribution in [3.63, 3.8) is 0 Å². The number of nitrogen functional groups attached to an aromatic ring is 2. The van der Waals surface area contributed by atoms with Crippen molar-refractivity contribution in [1.82, 2.24) is 0 Å². The van der Waals surface area contributed by atoms with Crippen LogP contribution in [0.2, 0.25) is 0 Å². The molecule has 2 aromatic carbocycles. The molecule has 6 heteroatoms. The maximum atomic E-state index is 5.84. The second-order valence-corrected chi connectivity index (χ2v) is 5.84. The van der Waals surface area contributed by atoms with E-state index in [4.69, 9.17) is 20.9 Å². The van der Waals surface area contributed by atoms with Gasteiger partial charge in [-0.1, -0.05) is 0 Å². The molecule has 4 N–H and O–H groups in total. The Morgan fingerprint density at radius 2 is 1.08 bits per heavy atom. The first-order valence-corrected chi connectivity index (χ1v) is 7.99. The highest BCUT2D eigenvalue weighted by atomic mass is 16.5. The Labute approximate surface area is 142 Å². The van der Waals surface area contributed by atoms with Crippen molar-refractivity contribution in [3.05, 3.63) is 36.4 Å². The molecule has 0 radical (unpaired) electrons. The van der Waals surface area contributed by atoms with Crippen LogP contribution in [0.3, 0.4) is 0 Å². The molecule has 0 aliphatic carbocycles. The van der Waals surface area contributed by atoms with Gasteiger partial charge in [-0.2, -0.15) is 0 Å². The summed E-state index contributed by atoms with van der Waals surface area (Å²) in [7, 11) is 3.35. The summed E-state index contributed by atoms with van der Waals surface area (Å²) in [4.78, 5) is 4.64. The van der Waals surface area contributed by atoms with Gasteiger partial charge in [0, 0.05) is 49.7 Å². The molecule has 1 saturated heterocycles. The highest BCUT2D eigenvalue weighted by molar-refractivity contribution is 5.67. The summed E-state index contributed by atoms with van der Waals surface area (Å²) < 4.78 is 10.9. The molecule has 0 saturated carbocycles. The van der Waals surface area contributed by atoms with Crippen molar-refractivity contribution >= 4 is 22.7 Å². The van der Waals surface area contributed by atoms with Crippen LogP contribution in [0, 0.1) is 0 Å². The number of nitrogens with two attached hydrogens (primary N) is 2. The Hall–Kier alpha value is -2.76. The molecule has 6 nitrogen and oxygen atoms in total. The summed E-state index contributed by atoms with van der Waals surface area (Å²) in [5, 5.41) is 0. The zero-order chi connectivity index (χ0) is 17.1. The normalized spacial score (nSPS) is 14.6. The first kappa shape index (κ1) is 16.1. The van der Waals surface area contributed by atoms with E-state index >= 15 is 0 Å². The lowest BCUT2D eigenvalue weighted by molar-refractivity contribution is 0.411. The van der Waals surface area contributed by atoms with Crippen LogP contribution in [0.5, 0.6) is 11.5 Å². The van der Waals surface area contributed by atoms with E-state index in [9.17, 15) is 0 Å². The van der Waals surface area contributed by atoms with Crippen molar-refractivity contribution in [2.45, 2.75) is 0 Å². The Morgan fingerprint density at radius 3 is 1.42 bits per heavy atom. The summed E-state index contributed by atoms with van der Waals surface area (Å²) in [5.74, 6) is 1.63. The van der Waals surface area contributed by atoms with Crippen LogP contribution >= 0.6 is 0 Å². The minimum absolute atomic E-state index is 0.709. The number of anilines is 4. The van der Waals surface area contributed by atoms with Crippen LogP contribution in [0.1, 0.15) is 0 Å². The van der Waals surface area contributed by atoms with Gasteiger partial charge in [0.15, 0.2) is 0 Å². The fourth-order valence-corrected chi connectivity index (χ4v) is 3.10. The summed E-state index contributed by atoms with van der Waals surface area (Å²) in [6.45, 7) is 3.59. The lowest BCUT2D eigenvalue weighted by Gasteiger charge is -2.38. The van der Waals surface area contributed by atoms with Gasteiger partial charge >= 0.3 is 0 Å². The third-order valence-electron chi connectivity index (χ3n) is 4.37. The average Bonchev–Trinajstić information content (AvgIpc) is 2.61. The van der Waals surface area contributed by atoms with E-state index in [2.05, 4.69) is 9.80 Å². The second kappa shape index (κ2) is 6.78. The quantitative estimate of drug-likeness (QED) is 0.838. The van der Waals surface area contributed by atoms with Gasteiger partial charge in [0.1, 0.15) is 11.5 Å². The van der Waals surface area contributed by atoms with Crippen molar-refractivity contribution in [3.8, 4) is 11.5 Å². The Bertz CT molecular complexity index is 651. The van der Waals surface area contributed by atoms with E-state index < -0.39 is 0 Å². The molecule has 0 bridgehead atoms. The molecule has 2 aromatic rings. The second-order valence-electron chi connectivity index (χ2n) is 5.84. The fourth-order valence-electron chi connectivity index (χ4n) is 3.10. The number of hydrogen-bond acceptors (Lipinski definition) is 6. The van der Waals surface area contributed by atoms with E-state index in [1.54, 1.807) is 14.2 Å². The fraction of sp³-hybridized carbons (Fsp3) is 0.333. The molecule has 1 aliphatic heterocycles. The molecule has 0 amide bonds. The van der Waals surface area contributed by atoms with Crippen LogP contribution in [0.4, 0.5) is 22.7 Å². The average molecular weight is 328 g/mol. The number of ether oxygens (including phenoxy) is 2. The SMILES string of the molecule is COc1cc(N)ccc1N1CCN(c2ccc(N)cc2OC)CC1. The molecule has 1 aliphatic rings. The number of benzene rings is 2. The first-order valence-electron chi connectivity index (χ1n) is 7.99. The smallest absolute Gasteiger partial charge is 0.144 e. The largest absolute Gasteiger partial charge is 0.495 e. The highest BCUT2D eigenvalue weighted by Crippen LogP contribution is 2.34. The molecule has 1 heterocycles. The maximum Gasteiger partial charge on any atom is 0.144 e. The van der Waals surface area contributed by atoms with Crippen molar-refractivity contribution in [2.24, 2.45) is 0 Å². The van der Waals surface area contributed by atoms with Crippen molar-refractivity contribution < 1.29 is 9.47 Å². The molecular formula is C18H24N4O2. The zero-order valence-electron chi connectivity index (χ0n) is 14.2. The lowest BCUT2D eigenvalue weighted by Crippen LogP contribution is -2.46. The van der Waals surface area contributed by atoms with Gasteiger partial charge in [-0.3, -0.25) is 0 Å². The standard InChI is InChI=1S/C18H24N4O2/c1-23-17-11-13(19)3-5-15(17)21-7-9-22(10-8-21)16-6-4-14(20)12-18(16)24-2/h3-6,11-12H,7-10,19-20H2,1-2H3. The van der Waals surface area contributed by atoms with Crippen LogP contribution in [0.15, 0.2) is 36.4 Å². The molecule has 1 fully saturated rings. The number of hydrogen-bond donors (Lipinski definition) is 2. The number of methoxy groups -OCH3 is 2. The highest BCUT2D eigenvalue weighted by Gasteiger charge is 2.22. The number of piperazine rings is 1. The van der Waals surface area contributed by atoms with Gasteiger partial charge in [-0.25, -0.2) is 0 Å². The molecule has 0 aromatic heterocycles. The van der Waals surface area contributed by atoms with E-state index in [0.717, 1.165) is 49.1 Å². The maximum absolute atomic E-state index is 5.84. The van der Waals surface area contributed by atoms with Crippen LogP contribution in [-0.2, 0) is 0 Å². The topological polar surface area (TPSA) is 77.0 Å². The van der Waals surface area contributed by atoms with Crippen molar-refractivity contribution in [1.29, 1.82) is 0 Å². The summed E-state index contributed by atoms with van der Waals surface area (Å²) >= 11 is 0. The third-order valence-corrected chi connectivity index (χ3v) is 4.37. The minimum Gasteiger partial charge on any atom is -0.495 e. The Morgan fingerprint density at radius 1 is 0.708 bits per heavy atom. The first-order chi connectivity index (χ1) is 11.6. The lowest BCUT2D eigenvalue weighted by atomic mass is 10.2. The summed E-state index contributed by atoms with van der Waals surface area (Å²) in [6.07, 6.45) is 0. The van der Waals surface area contributed by atoms with Crippen LogP contribution < -0.4 is 30.7 Å². The molecule has 3 rings (SSSR count). The zero-order valence-corrected chi connectivity index (χ0v) is 14.2. The van der Waals surface area contributed by atoms with Crippen molar-refractivity contribution in [2.75, 3.05) is 61.7 Å². The molecule has 0 spiro atoms. The Balaban J connectivity index is 1.75. The van der Waals surface area contributed by atoms with E-state index in [0.29, 0.717) is 11.4 Å². The number of rotatable bonds is 4. The van der Waals surface area contributed by atoms with Crippen LogP contribution in [0.25, 0.3) is 0 Å². The molecule has 24 heavy (non-hydrogen) atoms. The van der Waals surface area contributed by atoms with Gasteiger partial charge in [0.05, 0.1) is 25.6 Å².